The Morgan fingerprint density at radius 3 is 2.42 bits per heavy atom. The molecule has 1 aromatic carbocycles. The van der Waals surface area contributed by atoms with Crippen molar-refractivity contribution in [1.29, 1.82) is 0 Å². The van der Waals surface area contributed by atoms with Crippen molar-refractivity contribution in [3.05, 3.63) is 71.2 Å². The summed E-state index contributed by atoms with van der Waals surface area (Å²) in [5, 5.41) is 6.84. The summed E-state index contributed by atoms with van der Waals surface area (Å²) in [5.41, 5.74) is 3.33. The van der Waals surface area contributed by atoms with Crippen LogP contribution in [0.5, 0.6) is 0 Å². The normalized spacial score (nSPS) is 11.7. The Labute approximate surface area is 175 Å². The molecule has 0 saturated heterocycles. The molecular weight excluding hydrogens is 407 g/mol. The van der Waals surface area contributed by atoms with Gasteiger partial charge in [-0.1, -0.05) is 6.07 Å². The number of alkyl halides is 3. The zero-order chi connectivity index (χ0) is 22.3. The smallest absolute Gasteiger partial charge is 0.320 e. The SMILES string of the molecule is Cc1cc(-c2ccc3nc(C(F)(F)F)cc(C)c3n2)ccc1NC(=O)c1ccnn1C. The lowest BCUT2D eigenvalue weighted by atomic mass is 10.1. The molecule has 31 heavy (non-hydrogen) atoms. The van der Waals surface area contributed by atoms with Gasteiger partial charge < -0.3 is 5.32 Å². The number of aromatic nitrogens is 4. The molecule has 0 bridgehead atoms. The highest BCUT2D eigenvalue weighted by Gasteiger charge is 2.33. The van der Waals surface area contributed by atoms with Crippen LogP contribution in [-0.2, 0) is 13.2 Å². The summed E-state index contributed by atoms with van der Waals surface area (Å²) in [7, 11) is 1.69. The van der Waals surface area contributed by atoms with E-state index >= 15 is 0 Å². The zero-order valence-electron chi connectivity index (χ0n) is 16.9. The highest BCUT2D eigenvalue weighted by atomic mass is 19.4. The van der Waals surface area contributed by atoms with E-state index in [9.17, 15) is 18.0 Å². The van der Waals surface area contributed by atoms with Crippen LogP contribution in [0.2, 0.25) is 0 Å². The first-order valence-corrected chi connectivity index (χ1v) is 9.39. The number of carbonyl (C=O) groups excluding carboxylic acids is 1. The lowest BCUT2D eigenvalue weighted by Crippen LogP contribution is -2.16. The predicted molar refractivity (Wildman–Crippen MR) is 111 cm³/mol. The predicted octanol–water partition coefficient (Wildman–Crippen LogP) is 4.92. The summed E-state index contributed by atoms with van der Waals surface area (Å²) in [6, 6.07) is 11.2. The van der Waals surface area contributed by atoms with Crippen LogP contribution in [0.4, 0.5) is 18.9 Å². The van der Waals surface area contributed by atoms with Crippen molar-refractivity contribution in [2.24, 2.45) is 7.05 Å². The van der Waals surface area contributed by atoms with E-state index in [2.05, 4.69) is 20.4 Å². The van der Waals surface area contributed by atoms with Crippen LogP contribution in [0, 0.1) is 13.8 Å². The lowest BCUT2D eigenvalue weighted by molar-refractivity contribution is -0.141. The third-order valence-corrected chi connectivity index (χ3v) is 4.96. The Kier molecular flexibility index (Phi) is 4.96. The molecular formula is C22H18F3N5O. The molecule has 4 aromatic rings. The van der Waals surface area contributed by atoms with Crippen molar-refractivity contribution in [1.82, 2.24) is 19.7 Å². The minimum atomic E-state index is -4.51. The van der Waals surface area contributed by atoms with E-state index < -0.39 is 11.9 Å². The highest BCUT2D eigenvalue weighted by molar-refractivity contribution is 6.03. The van der Waals surface area contributed by atoms with Crippen molar-refractivity contribution in [3.8, 4) is 11.3 Å². The molecule has 0 unspecified atom stereocenters. The standard InChI is InChI=1S/C22H18F3N5O/c1-12-10-14(4-5-15(12)29-21(31)18-8-9-26-30(18)3)16-6-7-17-20(28-16)13(2)11-19(27-17)22(23,24)25/h4-11H,1-3H3,(H,29,31). The molecule has 0 aliphatic rings. The molecule has 0 radical (unpaired) electrons. The van der Waals surface area contributed by atoms with Gasteiger partial charge in [-0.15, -0.1) is 0 Å². The monoisotopic (exact) mass is 425 g/mol. The number of hydrogen-bond acceptors (Lipinski definition) is 4. The molecule has 0 aliphatic heterocycles. The van der Waals surface area contributed by atoms with Crippen LogP contribution in [0.25, 0.3) is 22.3 Å². The third kappa shape index (κ3) is 3.98. The fraction of sp³-hybridized carbons (Fsp3) is 0.182. The largest absolute Gasteiger partial charge is 0.433 e. The first kappa shape index (κ1) is 20.5. The second kappa shape index (κ2) is 7.50. The number of nitrogens with one attached hydrogen (secondary N) is 1. The summed E-state index contributed by atoms with van der Waals surface area (Å²) in [6.45, 7) is 3.43. The van der Waals surface area contributed by atoms with Gasteiger partial charge >= 0.3 is 6.18 Å². The van der Waals surface area contributed by atoms with Gasteiger partial charge in [-0.05, 0) is 61.4 Å². The molecule has 0 fully saturated rings. The molecule has 1 amide bonds. The van der Waals surface area contributed by atoms with Crippen molar-refractivity contribution in [3.63, 3.8) is 0 Å². The van der Waals surface area contributed by atoms with Gasteiger partial charge in [-0.3, -0.25) is 9.48 Å². The van der Waals surface area contributed by atoms with Crippen molar-refractivity contribution >= 4 is 22.6 Å². The molecule has 6 nitrogen and oxygen atoms in total. The Balaban J connectivity index is 1.65. The molecule has 4 rings (SSSR count). The van der Waals surface area contributed by atoms with Crippen molar-refractivity contribution < 1.29 is 18.0 Å². The van der Waals surface area contributed by atoms with Gasteiger partial charge in [0.2, 0.25) is 0 Å². The van der Waals surface area contributed by atoms with Crippen LogP contribution < -0.4 is 5.32 Å². The number of rotatable bonds is 3. The van der Waals surface area contributed by atoms with Gasteiger partial charge in [0.1, 0.15) is 11.4 Å². The van der Waals surface area contributed by atoms with Gasteiger partial charge in [0.05, 0.1) is 16.7 Å². The second-order valence-corrected chi connectivity index (χ2v) is 7.21. The van der Waals surface area contributed by atoms with E-state index in [4.69, 9.17) is 0 Å². The van der Waals surface area contributed by atoms with Crippen LogP contribution in [0.1, 0.15) is 27.3 Å². The minimum Gasteiger partial charge on any atom is -0.320 e. The van der Waals surface area contributed by atoms with Gasteiger partial charge in [-0.2, -0.15) is 18.3 Å². The fourth-order valence-corrected chi connectivity index (χ4v) is 3.32. The van der Waals surface area contributed by atoms with Gasteiger partial charge in [-0.25, -0.2) is 9.97 Å². The summed E-state index contributed by atoms with van der Waals surface area (Å²) >= 11 is 0. The third-order valence-electron chi connectivity index (χ3n) is 4.96. The van der Waals surface area contributed by atoms with E-state index in [1.807, 2.05) is 13.0 Å². The number of pyridine rings is 2. The Hall–Kier alpha value is -3.75. The molecule has 3 aromatic heterocycles. The summed E-state index contributed by atoms with van der Waals surface area (Å²) in [6.07, 6.45) is -2.96. The minimum absolute atomic E-state index is 0.188. The number of nitrogens with zero attached hydrogens (tertiary/aromatic N) is 4. The van der Waals surface area contributed by atoms with E-state index in [0.717, 1.165) is 17.2 Å². The number of aryl methyl sites for hydroxylation is 3. The van der Waals surface area contributed by atoms with Gasteiger partial charge in [0.15, 0.2) is 0 Å². The maximum atomic E-state index is 13.0. The second-order valence-electron chi connectivity index (χ2n) is 7.21. The quantitative estimate of drug-likeness (QED) is 0.506. The van der Waals surface area contributed by atoms with Crippen LogP contribution in [0.3, 0.4) is 0 Å². The molecule has 3 heterocycles. The first-order valence-electron chi connectivity index (χ1n) is 9.39. The average molecular weight is 425 g/mol. The molecule has 0 atom stereocenters. The van der Waals surface area contributed by atoms with Crippen LogP contribution in [0.15, 0.2) is 48.7 Å². The van der Waals surface area contributed by atoms with Crippen molar-refractivity contribution in [2.75, 3.05) is 5.32 Å². The zero-order valence-corrected chi connectivity index (χ0v) is 16.9. The number of halogens is 3. The number of benzene rings is 1. The summed E-state index contributed by atoms with van der Waals surface area (Å²) < 4.78 is 40.5. The summed E-state index contributed by atoms with van der Waals surface area (Å²) in [4.78, 5) is 20.6. The Morgan fingerprint density at radius 2 is 1.77 bits per heavy atom. The Morgan fingerprint density at radius 1 is 1.00 bits per heavy atom. The Bertz CT molecular complexity index is 1310. The van der Waals surface area contributed by atoms with Gasteiger partial charge in [0.25, 0.3) is 5.91 Å². The lowest BCUT2D eigenvalue weighted by Gasteiger charge is -2.12. The molecule has 9 heteroatoms. The molecule has 1 N–H and O–H groups in total. The number of fused-ring (bicyclic) bond motifs is 1. The van der Waals surface area contributed by atoms with E-state index in [1.165, 1.54) is 10.7 Å². The van der Waals surface area contributed by atoms with E-state index in [0.29, 0.717) is 28.2 Å². The molecule has 0 aliphatic carbocycles. The maximum Gasteiger partial charge on any atom is 0.433 e. The number of carbonyl (C=O) groups is 1. The number of anilines is 1. The average Bonchev–Trinajstić information content (AvgIpc) is 3.14. The summed E-state index contributed by atoms with van der Waals surface area (Å²) in [5.74, 6) is -0.276. The van der Waals surface area contributed by atoms with Crippen molar-refractivity contribution in [2.45, 2.75) is 20.0 Å². The molecule has 158 valence electrons. The molecule has 0 spiro atoms. The van der Waals surface area contributed by atoms with E-state index in [1.54, 1.807) is 44.4 Å². The van der Waals surface area contributed by atoms with Crippen LogP contribution in [-0.4, -0.2) is 25.7 Å². The van der Waals surface area contributed by atoms with E-state index in [-0.39, 0.29) is 11.4 Å². The molecule has 0 saturated carbocycles. The maximum absolute atomic E-state index is 13.0. The number of hydrogen-bond donors (Lipinski definition) is 1. The first-order chi connectivity index (χ1) is 14.6. The van der Waals surface area contributed by atoms with Gasteiger partial charge in [0, 0.05) is 24.5 Å². The fourth-order valence-electron chi connectivity index (χ4n) is 3.32. The topological polar surface area (TPSA) is 72.7 Å². The highest BCUT2D eigenvalue weighted by Crippen LogP contribution is 2.31. The van der Waals surface area contributed by atoms with Crippen LogP contribution >= 0.6 is 0 Å². The number of amides is 1.